The smallest absolute Gasteiger partial charge is 0.159 e. The molecule has 0 saturated carbocycles. The number of halogens is 2. The lowest BCUT2D eigenvalue weighted by Crippen LogP contribution is -1.96. The number of rotatable bonds is 4. The highest BCUT2D eigenvalue weighted by Gasteiger charge is 2.12. The van der Waals surface area contributed by atoms with Crippen molar-refractivity contribution < 1.29 is 8.78 Å². The second-order valence-electron chi connectivity index (χ2n) is 5.22. The number of nitrogens with zero attached hydrogens (tertiary/aromatic N) is 1. The normalized spacial score (nSPS) is 10.5. The Morgan fingerprint density at radius 3 is 2.50 bits per heavy atom. The molecule has 3 nitrogen and oxygen atoms in total. The first-order chi connectivity index (χ1) is 11.6. The van der Waals surface area contributed by atoms with Crippen LogP contribution in [0.4, 0.5) is 14.5 Å². The number of anilines is 1. The van der Waals surface area contributed by atoms with Gasteiger partial charge in [-0.15, -0.1) is 0 Å². The molecule has 0 bridgehead atoms. The average Bonchev–Trinajstić information content (AvgIpc) is 2.63. The van der Waals surface area contributed by atoms with Crippen LogP contribution in [0.15, 0.2) is 54.7 Å². The minimum atomic E-state index is -0.904. The molecule has 0 aliphatic carbocycles. The first-order valence-corrected chi connectivity index (χ1v) is 7.37. The Hall–Kier alpha value is -3.08. The lowest BCUT2D eigenvalue weighted by atomic mass is 9.97. The van der Waals surface area contributed by atoms with E-state index in [-0.39, 0.29) is 0 Å². The maximum absolute atomic E-state index is 13.6. The Morgan fingerprint density at radius 2 is 1.79 bits per heavy atom. The van der Waals surface area contributed by atoms with E-state index in [1.165, 1.54) is 12.3 Å². The minimum absolute atomic E-state index is 0.506. The van der Waals surface area contributed by atoms with Gasteiger partial charge in [0.15, 0.2) is 11.6 Å². The van der Waals surface area contributed by atoms with Gasteiger partial charge in [0.05, 0.1) is 5.69 Å². The van der Waals surface area contributed by atoms with Crippen molar-refractivity contribution in [3.8, 4) is 22.4 Å². The van der Waals surface area contributed by atoms with Crippen LogP contribution in [0.25, 0.3) is 22.4 Å². The van der Waals surface area contributed by atoms with Gasteiger partial charge in [0, 0.05) is 41.8 Å². The molecule has 2 aromatic carbocycles. The summed E-state index contributed by atoms with van der Waals surface area (Å²) in [7, 11) is 1.78. The van der Waals surface area contributed by atoms with Crippen molar-refractivity contribution in [2.45, 2.75) is 0 Å². The van der Waals surface area contributed by atoms with Gasteiger partial charge in [0.1, 0.15) is 0 Å². The molecule has 0 atom stereocenters. The summed E-state index contributed by atoms with van der Waals surface area (Å²) >= 11 is 0. The number of hydrogen-bond acceptors (Lipinski definition) is 3. The van der Waals surface area contributed by atoms with Crippen LogP contribution >= 0.6 is 0 Å². The largest absolute Gasteiger partial charge is 0.388 e. The number of aromatic nitrogens is 1. The van der Waals surface area contributed by atoms with E-state index in [9.17, 15) is 8.78 Å². The Labute approximate surface area is 138 Å². The van der Waals surface area contributed by atoms with Crippen molar-refractivity contribution in [1.29, 1.82) is 5.41 Å². The molecule has 0 unspecified atom stereocenters. The van der Waals surface area contributed by atoms with Crippen LogP contribution in [0.2, 0.25) is 0 Å². The van der Waals surface area contributed by atoms with Crippen LogP contribution in [-0.2, 0) is 0 Å². The maximum atomic E-state index is 13.6. The Morgan fingerprint density at radius 1 is 1.00 bits per heavy atom. The van der Waals surface area contributed by atoms with E-state index in [2.05, 4.69) is 10.3 Å². The van der Waals surface area contributed by atoms with Gasteiger partial charge in [0.25, 0.3) is 0 Å². The van der Waals surface area contributed by atoms with Crippen molar-refractivity contribution >= 4 is 11.9 Å². The predicted octanol–water partition coefficient (Wildman–Crippen LogP) is 4.73. The van der Waals surface area contributed by atoms with Gasteiger partial charge in [-0.3, -0.25) is 4.98 Å². The molecule has 3 rings (SSSR count). The third kappa shape index (κ3) is 2.88. The van der Waals surface area contributed by atoms with Crippen LogP contribution in [0.3, 0.4) is 0 Å². The standard InChI is InChI=1S/C19H15F2N3/c1-23-18-10-12(4-5-14(18)11-22)15-3-2-8-24-19(15)13-6-7-16(20)17(21)9-13/h2-11,22-23H,1H3. The van der Waals surface area contributed by atoms with Crippen molar-refractivity contribution in [3.05, 3.63) is 71.9 Å². The minimum Gasteiger partial charge on any atom is -0.388 e. The summed E-state index contributed by atoms with van der Waals surface area (Å²) in [6, 6.07) is 13.0. The molecule has 0 fully saturated rings. The highest BCUT2D eigenvalue weighted by atomic mass is 19.2. The average molecular weight is 323 g/mol. The van der Waals surface area contributed by atoms with Gasteiger partial charge in [-0.1, -0.05) is 18.2 Å². The molecule has 5 heteroatoms. The SMILES string of the molecule is CNc1cc(-c2cccnc2-c2ccc(F)c(F)c2)ccc1C=N. The molecule has 24 heavy (non-hydrogen) atoms. The van der Waals surface area contributed by atoms with E-state index in [1.54, 1.807) is 19.3 Å². The zero-order chi connectivity index (χ0) is 17.1. The van der Waals surface area contributed by atoms with E-state index in [0.717, 1.165) is 34.5 Å². The van der Waals surface area contributed by atoms with Gasteiger partial charge < -0.3 is 10.7 Å². The third-order valence-corrected chi connectivity index (χ3v) is 3.79. The van der Waals surface area contributed by atoms with E-state index in [1.807, 2.05) is 24.3 Å². The number of nitrogens with one attached hydrogen (secondary N) is 2. The lowest BCUT2D eigenvalue weighted by Gasteiger charge is -2.12. The molecule has 120 valence electrons. The van der Waals surface area contributed by atoms with Gasteiger partial charge in [-0.2, -0.15) is 0 Å². The maximum Gasteiger partial charge on any atom is 0.159 e. The van der Waals surface area contributed by atoms with Crippen LogP contribution in [0.5, 0.6) is 0 Å². The van der Waals surface area contributed by atoms with E-state index in [0.29, 0.717) is 11.3 Å². The second-order valence-corrected chi connectivity index (χ2v) is 5.22. The molecule has 0 spiro atoms. The quantitative estimate of drug-likeness (QED) is 0.682. The summed E-state index contributed by atoms with van der Waals surface area (Å²) in [5, 5.41) is 10.5. The van der Waals surface area contributed by atoms with Crippen molar-refractivity contribution in [3.63, 3.8) is 0 Å². The van der Waals surface area contributed by atoms with Crippen LogP contribution in [0, 0.1) is 17.0 Å². The first kappa shape index (κ1) is 15.8. The number of benzene rings is 2. The lowest BCUT2D eigenvalue weighted by molar-refractivity contribution is 0.509. The highest BCUT2D eigenvalue weighted by molar-refractivity contribution is 5.90. The molecule has 3 aromatic rings. The fourth-order valence-electron chi connectivity index (χ4n) is 2.58. The molecule has 0 aliphatic rings. The Kier molecular flexibility index (Phi) is 4.33. The second kappa shape index (κ2) is 6.58. The van der Waals surface area contributed by atoms with Crippen LogP contribution < -0.4 is 5.32 Å². The summed E-state index contributed by atoms with van der Waals surface area (Å²) in [5.74, 6) is -1.79. The summed E-state index contributed by atoms with van der Waals surface area (Å²) in [6.45, 7) is 0. The highest BCUT2D eigenvalue weighted by Crippen LogP contribution is 2.32. The topological polar surface area (TPSA) is 48.8 Å². The Balaban J connectivity index is 2.16. The molecule has 1 aromatic heterocycles. The van der Waals surface area contributed by atoms with Crippen molar-refractivity contribution in [1.82, 2.24) is 4.98 Å². The van der Waals surface area contributed by atoms with Gasteiger partial charge in [-0.05, 0) is 35.9 Å². The van der Waals surface area contributed by atoms with Gasteiger partial charge >= 0.3 is 0 Å². The Bertz CT molecular complexity index is 907. The molecule has 2 N–H and O–H groups in total. The summed E-state index contributed by atoms with van der Waals surface area (Å²) < 4.78 is 26.8. The summed E-state index contributed by atoms with van der Waals surface area (Å²) in [4.78, 5) is 4.34. The third-order valence-electron chi connectivity index (χ3n) is 3.79. The molecular formula is C19H15F2N3. The monoisotopic (exact) mass is 323 g/mol. The van der Waals surface area contributed by atoms with E-state index < -0.39 is 11.6 Å². The molecule has 0 aliphatic heterocycles. The molecule has 0 radical (unpaired) electrons. The van der Waals surface area contributed by atoms with E-state index >= 15 is 0 Å². The molecule has 1 heterocycles. The van der Waals surface area contributed by atoms with Gasteiger partial charge in [-0.25, -0.2) is 8.78 Å². The number of hydrogen-bond donors (Lipinski definition) is 2. The molecular weight excluding hydrogens is 308 g/mol. The van der Waals surface area contributed by atoms with Gasteiger partial charge in [0.2, 0.25) is 0 Å². The number of pyridine rings is 1. The van der Waals surface area contributed by atoms with Crippen LogP contribution in [-0.4, -0.2) is 18.2 Å². The van der Waals surface area contributed by atoms with E-state index in [4.69, 9.17) is 5.41 Å². The fourth-order valence-corrected chi connectivity index (χ4v) is 2.58. The first-order valence-electron chi connectivity index (χ1n) is 7.37. The molecule has 0 amide bonds. The summed E-state index contributed by atoms with van der Waals surface area (Å²) in [5.41, 5.74) is 4.32. The zero-order valence-electron chi connectivity index (χ0n) is 13.0. The van der Waals surface area contributed by atoms with Crippen molar-refractivity contribution in [2.75, 3.05) is 12.4 Å². The zero-order valence-corrected chi connectivity index (χ0v) is 13.0. The predicted molar refractivity (Wildman–Crippen MR) is 92.5 cm³/mol. The fraction of sp³-hybridized carbons (Fsp3) is 0.0526. The summed E-state index contributed by atoms with van der Waals surface area (Å²) in [6.07, 6.45) is 2.89. The van der Waals surface area contributed by atoms with Crippen LogP contribution in [0.1, 0.15) is 5.56 Å². The molecule has 0 saturated heterocycles. The van der Waals surface area contributed by atoms with Crippen molar-refractivity contribution in [2.24, 2.45) is 0 Å².